The first-order valence-electron chi connectivity index (χ1n) is 10.1. The van der Waals surface area contributed by atoms with Crippen molar-refractivity contribution in [2.75, 3.05) is 11.1 Å². The van der Waals surface area contributed by atoms with Crippen LogP contribution in [0, 0.1) is 0 Å². The first kappa shape index (κ1) is 18.3. The zero-order valence-electron chi connectivity index (χ0n) is 16.3. The smallest absolute Gasteiger partial charge is 0.257 e. The number of hydrogen-bond donors (Lipinski definition) is 2. The van der Waals surface area contributed by atoms with Gasteiger partial charge in [-0.25, -0.2) is 0 Å². The van der Waals surface area contributed by atoms with E-state index in [-0.39, 0.29) is 5.91 Å². The maximum atomic E-state index is 12.6. The molecule has 3 aliphatic carbocycles. The summed E-state index contributed by atoms with van der Waals surface area (Å²) in [5, 5.41) is 3.01. The summed E-state index contributed by atoms with van der Waals surface area (Å²) >= 11 is 0. The molecule has 2 aromatic carbocycles. The molecular weight excluding hydrogens is 344 g/mol. The van der Waals surface area contributed by atoms with Gasteiger partial charge in [0.05, 0.1) is 5.56 Å². The maximum Gasteiger partial charge on any atom is 0.257 e. The van der Waals surface area contributed by atoms with E-state index in [1.165, 1.54) is 35.1 Å². The van der Waals surface area contributed by atoms with Crippen molar-refractivity contribution in [2.45, 2.75) is 39.0 Å². The number of nitrogen functional groups attached to an aromatic ring is 1. The van der Waals surface area contributed by atoms with E-state index in [4.69, 9.17) is 5.73 Å². The summed E-state index contributed by atoms with van der Waals surface area (Å²) in [6, 6.07) is 20.3. The number of amides is 1. The van der Waals surface area contributed by atoms with Gasteiger partial charge in [-0.2, -0.15) is 0 Å². The lowest BCUT2D eigenvalue weighted by molar-refractivity contribution is 0.102. The van der Waals surface area contributed by atoms with E-state index in [0.29, 0.717) is 11.3 Å². The summed E-state index contributed by atoms with van der Waals surface area (Å²) < 4.78 is 0. The van der Waals surface area contributed by atoms with Crippen molar-refractivity contribution in [3.05, 3.63) is 82.9 Å². The van der Waals surface area contributed by atoms with Crippen molar-refractivity contribution in [3.63, 3.8) is 0 Å². The largest absolute Gasteiger partial charge is 0.398 e. The minimum absolute atomic E-state index is 0.119. The lowest BCUT2D eigenvalue weighted by atomic mass is 9.89. The topological polar surface area (TPSA) is 55.1 Å². The highest BCUT2D eigenvalue weighted by molar-refractivity contribution is 6.08. The Morgan fingerprint density at radius 3 is 2.11 bits per heavy atom. The summed E-state index contributed by atoms with van der Waals surface area (Å²) in [5.74, 6) is -0.119. The first-order valence-corrected chi connectivity index (χ1v) is 10.1. The summed E-state index contributed by atoms with van der Waals surface area (Å²) in [5.41, 5.74) is 14.7. The molecule has 0 aromatic heterocycles. The number of hydrogen-bond acceptors (Lipinski definition) is 2. The van der Waals surface area contributed by atoms with Gasteiger partial charge in [0.25, 0.3) is 5.91 Å². The number of para-hydroxylation sites is 1. The van der Waals surface area contributed by atoms with Crippen molar-refractivity contribution in [1.82, 2.24) is 0 Å². The fraction of sp³-hybridized carbons (Fsp3) is 0.240. The molecular formula is C25H26N2O. The zero-order valence-corrected chi connectivity index (χ0v) is 16.3. The number of carbonyl (C=O) groups is 1. The second kappa shape index (κ2) is 7.89. The molecule has 0 fully saturated rings. The number of carbonyl (C=O) groups excluding carboxylic acids is 1. The quantitative estimate of drug-likeness (QED) is 0.459. The third kappa shape index (κ3) is 3.65. The van der Waals surface area contributed by atoms with Crippen molar-refractivity contribution in [3.8, 4) is 11.1 Å². The molecule has 3 nitrogen and oxygen atoms in total. The molecule has 3 heteroatoms. The van der Waals surface area contributed by atoms with Gasteiger partial charge in [0, 0.05) is 11.4 Å². The molecule has 28 heavy (non-hydrogen) atoms. The lowest BCUT2D eigenvalue weighted by Gasteiger charge is -2.18. The number of anilines is 2. The molecule has 0 heterocycles. The van der Waals surface area contributed by atoms with E-state index in [9.17, 15) is 4.79 Å². The van der Waals surface area contributed by atoms with Crippen LogP contribution in [0.15, 0.2) is 60.7 Å². The Morgan fingerprint density at radius 1 is 0.929 bits per heavy atom. The van der Waals surface area contributed by atoms with E-state index in [1.54, 1.807) is 0 Å². The number of rotatable bonds is 3. The van der Waals surface area contributed by atoms with Crippen LogP contribution >= 0.6 is 0 Å². The van der Waals surface area contributed by atoms with Crippen LogP contribution in [0.1, 0.15) is 46.8 Å². The highest BCUT2D eigenvalue weighted by Crippen LogP contribution is 2.29. The molecule has 3 N–H and O–H groups in total. The maximum absolute atomic E-state index is 12.6. The van der Waals surface area contributed by atoms with Crippen LogP contribution in [-0.2, 0) is 19.3 Å². The first-order chi connectivity index (χ1) is 13.7. The minimum atomic E-state index is -0.119. The van der Waals surface area contributed by atoms with Crippen LogP contribution in [0.5, 0.6) is 0 Å². The third-order valence-corrected chi connectivity index (χ3v) is 5.62. The highest BCUT2D eigenvalue weighted by atomic mass is 16.1. The molecule has 3 aliphatic rings. The molecule has 0 saturated carbocycles. The molecule has 0 radical (unpaired) electrons. The normalized spacial score (nSPS) is 13.0. The molecule has 5 rings (SSSR count). The van der Waals surface area contributed by atoms with Crippen LogP contribution in [0.2, 0.25) is 0 Å². The van der Waals surface area contributed by atoms with Gasteiger partial charge in [0.15, 0.2) is 0 Å². The second-order valence-corrected chi connectivity index (χ2v) is 7.46. The van der Waals surface area contributed by atoms with E-state index >= 15 is 0 Å². The second-order valence-electron chi connectivity index (χ2n) is 7.46. The Balaban J connectivity index is 0.000000268. The number of benzene rings is 3. The van der Waals surface area contributed by atoms with Crippen LogP contribution in [-0.4, -0.2) is 5.91 Å². The Morgan fingerprint density at radius 2 is 1.54 bits per heavy atom. The zero-order chi connectivity index (χ0) is 19.5. The molecule has 0 unspecified atom stereocenters. The van der Waals surface area contributed by atoms with Gasteiger partial charge >= 0.3 is 0 Å². The van der Waals surface area contributed by atoms with Gasteiger partial charge in [-0.1, -0.05) is 49.4 Å². The molecule has 0 aliphatic heterocycles. The number of aryl methyl sites for hydroxylation is 3. The van der Waals surface area contributed by atoms with Gasteiger partial charge in [-0.3, -0.25) is 4.79 Å². The summed E-state index contributed by atoms with van der Waals surface area (Å²) in [4.78, 5) is 12.6. The number of nitrogens with one attached hydrogen (secondary N) is 1. The highest BCUT2D eigenvalue weighted by Gasteiger charge is 2.17. The van der Waals surface area contributed by atoms with Crippen molar-refractivity contribution < 1.29 is 4.79 Å². The van der Waals surface area contributed by atoms with Gasteiger partial charge in [-0.05, 0) is 78.1 Å². The number of nitrogens with two attached hydrogens (primary N) is 1. The Bertz CT molecular complexity index is 985. The van der Waals surface area contributed by atoms with Crippen LogP contribution in [0.3, 0.4) is 0 Å². The summed E-state index contributed by atoms with van der Waals surface area (Å²) in [6.07, 6.45) is 5.40. The Labute approximate surface area is 166 Å². The fourth-order valence-corrected chi connectivity index (χ4v) is 3.80. The summed E-state index contributed by atoms with van der Waals surface area (Å²) in [7, 11) is 0. The van der Waals surface area contributed by atoms with Gasteiger partial charge in [0.1, 0.15) is 0 Å². The van der Waals surface area contributed by atoms with Crippen molar-refractivity contribution >= 4 is 17.3 Å². The van der Waals surface area contributed by atoms with Crippen molar-refractivity contribution in [2.24, 2.45) is 0 Å². The van der Waals surface area contributed by atoms with E-state index in [2.05, 4.69) is 36.5 Å². The predicted octanol–water partition coefficient (Wildman–Crippen LogP) is 5.63. The average Bonchev–Trinajstić information content (AvgIpc) is 2.71. The molecule has 2 aromatic rings. The molecule has 1 amide bonds. The molecule has 0 saturated heterocycles. The van der Waals surface area contributed by atoms with Crippen molar-refractivity contribution in [1.29, 1.82) is 0 Å². The third-order valence-electron chi connectivity index (χ3n) is 5.62. The van der Waals surface area contributed by atoms with Gasteiger partial charge in [-0.15, -0.1) is 0 Å². The molecule has 0 bridgehead atoms. The Kier molecular flexibility index (Phi) is 5.16. The molecule has 0 spiro atoms. The minimum Gasteiger partial charge on any atom is -0.398 e. The molecule has 142 valence electrons. The fourth-order valence-electron chi connectivity index (χ4n) is 3.80. The van der Waals surface area contributed by atoms with Crippen LogP contribution < -0.4 is 11.1 Å². The van der Waals surface area contributed by atoms with Gasteiger partial charge in [0.2, 0.25) is 0 Å². The average molecular weight is 370 g/mol. The lowest BCUT2D eigenvalue weighted by Crippen LogP contribution is -2.17. The van der Waals surface area contributed by atoms with Crippen LogP contribution in [0.25, 0.3) is 11.1 Å². The number of fused-ring (bicyclic) bond motifs is 2. The van der Waals surface area contributed by atoms with E-state index < -0.39 is 0 Å². The summed E-state index contributed by atoms with van der Waals surface area (Å²) in [6.45, 7) is 2.08. The predicted molar refractivity (Wildman–Crippen MR) is 117 cm³/mol. The monoisotopic (exact) mass is 370 g/mol. The Hall–Kier alpha value is -3.07. The SMILES string of the molecule is CCc1ccccc1NC(=O)c1cc2c(cc1N)CCCC2.c1cc2ccc1-2. The van der Waals surface area contributed by atoms with E-state index in [1.807, 2.05) is 36.4 Å². The standard InChI is InChI=1S/C19H22N2O.C6H4/c1-2-13-7-5-6-10-18(13)21-19(22)16-11-14-8-3-4-9-15(14)12-17(16)20;1-2-6-4-3-5(1)6/h5-7,10-12H,2-4,8-9,20H2,1H3,(H,21,22);1-4H. The van der Waals surface area contributed by atoms with Crippen LogP contribution in [0.4, 0.5) is 11.4 Å². The molecule has 0 atom stereocenters. The van der Waals surface area contributed by atoms with Gasteiger partial charge < -0.3 is 11.1 Å². The van der Waals surface area contributed by atoms with E-state index in [0.717, 1.165) is 30.5 Å².